The third-order valence-electron chi connectivity index (χ3n) is 3.32. The molecule has 3 N–H and O–H groups in total. The molecule has 1 amide bonds. The van der Waals surface area contributed by atoms with Gasteiger partial charge >= 0.3 is 0 Å². The van der Waals surface area contributed by atoms with Gasteiger partial charge in [0.25, 0.3) is 0 Å². The highest BCUT2D eigenvalue weighted by Crippen LogP contribution is 2.38. The Morgan fingerprint density at radius 2 is 2.12 bits per heavy atom. The summed E-state index contributed by atoms with van der Waals surface area (Å²) >= 11 is 5.06. The molecule has 1 rings (SSSR count). The first-order chi connectivity index (χ1) is 8.13. The summed E-state index contributed by atoms with van der Waals surface area (Å²) in [4.78, 5) is 12.5. The number of hydrogen-bond acceptors (Lipinski definition) is 3. The van der Waals surface area contributed by atoms with Crippen LogP contribution in [0.1, 0.15) is 39.0 Å². The topological polar surface area (TPSA) is 64.3 Å². The Morgan fingerprint density at radius 1 is 1.47 bits per heavy atom. The number of rotatable bonds is 7. The minimum absolute atomic E-state index is 0.000927. The zero-order chi connectivity index (χ0) is 12.7. The zero-order valence-electron chi connectivity index (χ0n) is 10.5. The number of nitrogens with two attached hydrogens (primary N) is 1. The largest absolute Gasteiger partial charge is 0.392 e. The molecule has 0 radical (unpaired) electrons. The molecule has 0 spiro atoms. The van der Waals surface area contributed by atoms with Crippen molar-refractivity contribution >= 4 is 23.1 Å². The molecule has 1 aliphatic rings. The summed E-state index contributed by atoms with van der Waals surface area (Å²) in [5.74, 6) is -0.000927. The van der Waals surface area contributed by atoms with Crippen molar-refractivity contribution in [2.75, 3.05) is 19.8 Å². The van der Waals surface area contributed by atoms with E-state index in [9.17, 15) is 4.79 Å². The molecule has 0 aromatic rings. The molecule has 1 aliphatic carbocycles. The number of amides is 1. The Morgan fingerprint density at radius 3 is 2.65 bits per heavy atom. The molecule has 0 aromatic carbocycles. The van der Waals surface area contributed by atoms with E-state index in [0.717, 1.165) is 32.1 Å². The van der Waals surface area contributed by atoms with E-state index in [0.29, 0.717) is 24.7 Å². The van der Waals surface area contributed by atoms with Crippen molar-refractivity contribution < 1.29 is 9.53 Å². The molecule has 0 unspecified atom stereocenters. The first-order valence-electron chi connectivity index (χ1n) is 6.29. The molecular weight excluding hydrogens is 236 g/mol. The van der Waals surface area contributed by atoms with E-state index in [4.69, 9.17) is 22.7 Å². The SMILES string of the molecule is CCOCCCNC(=O)C1(C(N)=S)CCCC1. The van der Waals surface area contributed by atoms with Gasteiger partial charge in [-0.15, -0.1) is 0 Å². The fraction of sp³-hybridized carbons (Fsp3) is 0.833. The Labute approximate surface area is 108 Å². The molecule has 17 heavy (non-hydrogen) atoms. The molecule has 0 aromatic heterocycles. The third kappa shape index (κ3) is 3.64. The second kappa shape index (κ2) is 6.91. The highest BCUT2D eigenvalue weighted by atomic mass is 32.1. The number of carbonyl (C=O) groups excluding carboxylic acids is 1. The summed E-state index contributed by atoms with van der Waals surface area (Å²) in [5, 5.41) is 2.92. The fourth-order valence-corrected chi connectivity index (χ4v) is 2.55. The number of ether oxygens (including phenoxy) is 1. The standard InChI is InChI=1S/C12H22N2O2S/c1-2-16-9-5-8-14-11(15)12(10(13)17)6-3-4-7-12/h2-9H2,1H3,(H2,13,17)(H,14,15). The summed E-state index contributed by atoms with van der Waals surface area (Å²) < 4.78 is 5.21. The minimum atomic E-state index is -0.582. The molecule has 0 atom stereocenters. The minimum Gasteiger partial charge on any atom is -0.392 e. The molecule has 1 saturated carbocycles. The molecule has 1 fully saturated rings. The number of hydrogen-bond donors (Lipinski definition) is 2. The van der Waals surface area contributed by atoms with Crippen molar-refractivity contribution in [1.82, 2.24) is 5.32 Å². The van der Waals surface area contributed by atoms with Gasteiger partial charge < -0.3 is 15.8 Å². The van der Waals surface area contributed by atoms with Gasteiger partial charge in [-0.2, -0.15) is 0 Å². The molecule has 5 heteroatoms. The van der Waals surface area contributed by atoms with Crippen molar-refractivity contribution in [3.05, 3.63) is 0 Å². The summed E-state index contributed by atoms with van der Waals surface area (Å²) in [7, 11) is 0. The van der Waals surface area contributed by atoms with Gasteiger partial charge in [-0.05, 0) is 26.2 Å². The molecule has 98 valence electrons. The average Bonchev–Trinajstić information content (AvgIpc) is 2.79. The number of nitrogens with one attached hydrogen (secondary N) is 1. The van der Waals surface area contributed by atoms with Crippen LogP contribution in [0.15, 0.2) is 0 Å². The van der Waals surface area contributed by atoms with Crippen LogP contribution in [0.5, 0.6) is 0 Å². The van der Waals surface area contributed by atoms with Crippen molar-refractivity contribution in [2.45, 2.75) is 39.0 Å². The summed E-state index contributed by atoms with van der Waals surface area (Å²) in [6.45, 7) is 3.98. The van der Waals surface area contributed by atoms with E-state index < -0.39 is 5.41 Å². The van der Waals surface area contributed by atoms with Gasteiger partial charge in [-0.3, -0.25) is 4.79 Å². The van der Waals surface area contributed by atoms with Gasteiger partial charge in [0.2, 0.25) is 5.91 Å². The summed E-state index contributed by atoms with van der Waals surface area (Å²) in [6.07, 6.45) is 4.47. The molecule has 0 aliphatic heterocycles. The lowest BCUT2D eigenvalue weighted by Crippen LogP contribution is -2.47. The molecule has 0 saturated heterocycles. The number of thiocarbonyl (C=S) groups is 1. The van der Waals surface area contributed by atoms with Crippen LogP contribution < -0.4 is 11.1 Å². The van der Waals surface area contributed by atoms with E-state index in [2.05, 4.69) is 5.32 Å². The predicted octanol–water partition coefficient (Wildman–Crippen LogP) is 1.38. The van der Waals surface area contributed by atoms with Gasteiger partial charge in [0, 0.05) is 19.8 Å². The predicted molar refractivity (Wildman–Crippen MR) is 71.8 cm³/mol. The maximum atomic E-state index is 12.1. The van der Waals surface area contributed by atoms with E-state index in [1.165, 1.54) is 0 Å². The Hall–Kier alpha value is -0.680. The lowest BCUT2D eigenvalue weighted by atomic mass is 9.85. The van der Waals surface area contributed by atoms with Gasteiger partial charge in [0.15, 0.2) is 0 Å². The molecule has 0 bridgehead atoms. The third-order valence-corrected chi connectivity index (χ3v) is 3.71. The molecular formula is C12H22N2O2S. The lowest BCUT2D eigenvalue weighted by Gasteiger charge is -2.26. The molecule has 0 heterocycles. The van der Waals surface area contributed by atoms with E-state index in [1.54, 1.807) is 0 Å². The van der Waals surface area contributed by atoms with Crippen LogP contribution in [0.2, 0.25) is 0 Å². The Kier molecular flexibility index (Phi) is 5.85. The maximum absolute atomic E-state index is 12.1. The van der Waals surface area contributed by atoms with Gasteiger partial charge in [0.1, 0.15) is 0 Å². The zero-order valence-corrected chi connectivity index (χ0v) is 11.3. The summed E-state index contributed by atoms with van der Waals surface area (Å²) in [5.41, 5.74) is 5.15. The van der Waals surface area contributed by atoms with Crippen molar-refractivity contribution in [2.24, 2.45) is 11.1 Å². The maximum Gasteiger partial charge on any atom is 0.233 e. The van der Waals surface area contributed by atoms with Crippen LogP contribution in [0, 0.1) is 5.41 Å². The van der Waals surface area contributed by atoms with Gasteiger partial charge in [-0.25, -0.2) is 0 Å². The Balaban J connectivity index is 2.37. The fourth-order valence-electron chi connectivity index (χ4n) is 2.25. The number of carbonyl (C=O) groups is 1. The van der Waals surface area contributed by atoms with Crippen LogP contribution in [0.3, 0.4) is 0 Å². The van der Waals surface area contributed by atoms with E-state index in [1.807, 2.05) is 6.92 Å². The van der Waals surface area contributed by atoms with Crippen LogP contribution in [-0.4, -0.2) is 30.7 Å². The highest BCUT2D eigenvalue weighted by Gasteiger charge is 2.43. The second-order valence-corrected chi connectivity index (χ2v) is 4.90. The van der Waals surface area contributed by atoms with Crippen LogP contribution in [0.4, 0.5) is 0 Å². The normalized spacial score (nSPS) is 17.9. The highest BCUT2D eigenvalue weighted by molar-refractivity contribution is 7.80. The van der Waals surface area contributed by atoms with Crippen LogP contribution in [-0.2, 0) is 9.53 Å². The average molecular weight is 258 g/mol. The lowest BCUT2D eigenvalue weighted by molar-refractivity contribution is -0.127. The second-order valence-electron chi connectivity index (χ2n) is 4.46. The monoisotopic (exact) mass is 258 g/mol. The van der Waals surface area contributed by atoms with Crippen molar-refractivity contribution in [3.63, 3.8) is 0 Å². The van der Waals surface area contributed by atoms with Gasteiger partial charge in [0.05, 0.1) is 10.4 Å². The van der Waals surface area contributed by atoms with Crippen molar-refractivity contribution in [1.29, 1.82) is 0 Å². The van der Waals surface area contributed by atoms with Crippen molar-refractivity contribution in [3.8, 4) is 0 Å². The van der Waals surface area contributed by atoms with Crippen LogP contribution in [0.25, 0.3) is 0 Å². The summed E-state index contributed by atoms with van der Waals surface area (Å²) in [6, 6.07) is 0. The Bertz CT molecular complexity index is 276. The first-order valence-corrected chi connectivity index (χ1v) is 6.70. The molecule has 4 nitrogen and oxygen atoms in total. The van der Waals surface area contributed by atoms with E-state index in [-0.39, 0.29) is 5.91 Å². The van der Waals surface area contributed by atoms with Gasteiger partial charge in [-0.1, -0.05) is 25.1 Å². The quantitative estimate of drug-likeness (QED) is 0.535. The van der Waals surface area contributed by atoms with E-state index >= 15 is 0 Å². The van der Waals surface area contributed by atoms with Crippen LogP contribution >= 0.6 is 12.2 Å². The smallest absolute Gasteiger partial charge is 0.233 e. The first kappa shape index (κ1) is 14.4.